The van der Waals surface area contributed by atoms with Crippen molar-refractivity contribution in [1.82, 2.24) is 9.29 Å². The molecule has 7 heteroatoms. The molecule has 0 radical (unpaired) electrons. The summed E-state index contributed by atoms with van der Waals surface area (Å²) in [5.74, 6) is -1.09. The van der Waals surface area contributed by atoms with E-state index in [1.165, 1.54) is 12.3 Å². The van der Waals surface area contributed by atoms with E-state index in [0.29, 0.717) is 6.54 Å². The zero-order valence-corrected chi connectivity index (χ0v) is 12.8. The van der Waals surface area contributed by atoms with E-state index in [-0.39, 0.29) is 22.0 Å². The number of aromatic nitrogens is 1. The Hall–Kier alpha value is -1.34. The first-order chi connectivity index (χ1) is 9.87. The second-order valence-corrected chi connectivity index (χ2v) is 7.95. The first-order valence-electron chi connectivity index (χ1n) is 7.32. The fourth-order valence-corrected chi connectivity index (χ4v) is 3.77. The van der Waals surface area contributed by atoms with Crippen LogP contribution in [0.2, 0.25) is 0 Å². The van der Waals surface area contributed by atoms with Crippen LogP contribution in [0.5, 0.6) is 0 Å². The van der Waals surface area contributed by atoms with E-state index in [2.05, 4.69) is 11.6 Å². The van der Waals surface area contributed by atoms with Gasteiger partial charge in [0.1, 0.15) is 10.6 Å². The number of hydrogen-bond donors (Lipinski definition) is 2. The van der Waals surface area contributed by atoms with Crippen molar-refractivity contribution < 1.29 is 18.3 Å². The van der Waals surface area contributed by atoms with Crippen LogP contribution in [0.25, 0.3) is 0 Å². The Morgan fingerprint density at radius 3 is 2.62 bits per heavy atom. The van der Waals surface area contributed by atoms with Crippen molar-refractivity contribution in [3.05, 3.63) is 18.0 Å². The predicted molar refractivity (Wildman–Crippen MR) is 76.8 cm³/mol. The first kappa shape index (κ1) is 14.6. The number of nitrogens with zero attached hydrogens (tertiary/aromatic N) is 1. The van der Waals surface area contributed by atoms with Gasteiger partial charge >= 0.3 is 5.97 Å². The van der Waals surface area contributed by atoms with E-state index in [1.807, 2.05) is 0 Å². The lowest BCUT2D eigenvalue weighted by atomic mass is 10.1. The maximum atomic E-state index is 12.3. The standard InChI is InChI=1S/C14H20N2O4S/c1-2-14(5-6-14)9-15-21(19,20)11-7-12(13(17)18)16(8-11)10-3-4-10/h7-8,10,15H,2-6,9H2,1H3,(H,17,18). The second-order valence-electron chi connectivity index (χ2n) is 6.18. The number of sulfonamides is 1. The van der Waals surface area contributed by atoms with Gasteiger partial charge in [-0.3, -0.25) is 0 Å². The SMILES string of the molecule is CCC1(CNS(=O)(=O)c2cc(C(=O)O)n(C3CC3)c2)CC1. The lowest BCUT2D eigenvalue weighted by molar-refractivity contribution is 0.0685. The minimum absolute atomic E-state index is 0.0505. The molecule has 2 aliphatic rings. The van der Waals surface area contributed by atoms with Crippen molar-refractivity contribution in [2.24, 2.45) is 5.41 Å². The molecular weight excluding hydrogens is 292 g/mol. The van der Waals surface area contributed by atoms with E-state index in [0.717, 1.165) is 32.1 Å². The molecule has 2 aliphatic carbocycles. The fraction of sp³-hybridized carbons (Fsp3) is 0.643. The van der Waals surface area contributed by atoms with Crippen molar-refractivity contribution in [3.8, 4) is 0 Å². The van der Waals surface area contributed by atoms with Crippen molar-refractivity contribution in [1.29, 1.82) is 0 Å². The Bertz CT molecular complexity index is 669. The average molecular weight is 312 g/mol. The van der Waals surface area contributed by atoms with Crippen LogP contribution in [-0.4, -0.2) is 30.6 Å². The first-order valence-corrected chi connectivity index (χ1v) is 8.80. The van der Waals surface area contributed by atoms with E-state index in [9.17, 15) is 18.3 Å². The molecule has 1 aromatic rings. The van der Waals surface area contributed by atoms with Gasteiger partial charge < -0.3 is 9.67 Å². The van der Waals surface area contributed by atoms with Crippen LogP contribution in [0.4, 0.5) is 0 Å². The molecule has 116 valence electrons. The lowest BCUT2D eigenvalue weighted by Gasteiger charge is -2.12. The number of carboxylic acid groups (broad SMARTS) is 1. The molecule has 0 amide bonds. The summed E-state index contributed by atoms with van der Waals surface area (Å²) in [5, 5.41) is 9.19. The van der Waals surface area contributed by atoms with Crippen molar-refractivity contribution in [2.45, 2.75) is 50.0 Å². The summed E-state index contributed by atoms with van der Waals surface area (Å²) >= 11 is 0. The molecule has 0 bridgehead atoms. The van der Waals surface area contributed by atoms with Gasteiger partial charge in [-0.25, -0.2) is 17.9 Å². The van der Waals surface area contributed by atoms with Gasteiger partial charge in [0.25, 0.3) is 0 Å². The second kappa shape index (κ2) is 4.84. The lowest BCUT2D eigenvalue weighted by Crippen LogP contribution is -2.29. The summed E-state index contributed by atoms with van der Waals surface area (Å²) in [5.41, 5.74) is 0.163. The van der Waals surface area contributed by atoms with Gasteiger partial charge in [0.05, 0.1) is 0 Å². The largest absolute Gasteiger partial charge is 0.477 e. The normalized spacial score (nSPS) is 20.4. The van der Waals surface area contributed by atoms with E-state index >= 15 is 0 Å². The minimum Gasteiger partial charge on any atom is -0.477 e. The Kier molecular flexibility index (Phi) is 3.37. The molecule has 0 unspecified atom stereocenters. The number of aromatic carboxylic acids is 1. The minimum atomic E-state index is -3.64. The zero-order chi connectivity index (χ0) is 15.3. The van der Waals surface area contributed by atoms with Crippen LogP contribution < -0.4 is 4.72 Å². The predicted octanol–water partition coefficient (Wildman–Crippen LogP) is 1.99. The third kappa shape index (κ3) is 2.85. The van der Waals surface area contributed by atoms with Gasteiger partial charge in [-0.1, -0.05) is 6.92 Å². The fourth-order valence-electron chi connectivity index (χ4n) is 2.59. The molecule has 2 N–H and O–H groups in total. The highest BCUT2D eigenvalue weighted by atomic mass is 32.2. The Morgan fingerprint density at radius 1 is 1.48 bits per heavy atom. The van der Waals surface area contributed by atoms with Crippen LogP contribution in [-0.2, 0) is 10.0 Å². The molecule has 21 heavy (non-hydrogen) atoms. The highest BCUT2D eigenvalue weighted by Gasteiger charge is 2.41. The van der Waals surface area contributed by atoms with E-state index < -0.39 is 16.0 Å². The van der Waals surface area contributed by atoms with E-state index in [4.69, 9.17) is 0 Å². The molecule has 3 rings (SSSR count). The van der Waals surface area contributed by atoms with Crippen LogP contribution in [0, 0.1) is 5.41 Å². The summed E-state index contributed by atoms with van der Waals surface area (Å²) in [6.07, 6.45) is 6.32. The molecule has 0 aromatic carbocycles. The summed E-state index contributed by atoms with van der Waals surface area (Å²) < 4.78 is 28.9. The zero-order valence-electron chi connectivity index (χ0n) is 12.0. The number of nitrogens with one attached hydrogen (secondary N) is 1. The molecule has 1 aromatic heterocycles. The molecule has 2 fully saturated rings. The topological polar surface area (TPSA) is 88.4 Å². The maximum absolute atomic E-state index is 12.3. The van der Waals surface area contributed by atoms with Gasteiger partial charge in [-0.15, -0.1) is 0 Å². The van der Waals surface area contributed by atoms with Gasteiger partial charge in [-0.05, 0) is 43.6 Å². The van der Waals surface area contributed by atoms with Gasteiger partial charge in [0, 0.05) is 18.8 Å². The number of carboxylic acids is 1. The van der Waals surface area contributed by atoms with Gasteiger partial charge in [0.2, 0.25) is 10.0 Å². The highest BCUT2D eigenvalue weighted by molar-refractivity contribution is 7.89. The van der Waals surface area contributed by atoms with E-state index in [1.54, 1.807) is 4.57 Å². The Labute approximate surface area is 124 Å². The molecule has 1 heterocycles. The Balaban J connectivity index is 1.81. The summed E-state index contributed by atoms with van der Waals surface area (Å²) in [6, 6.07) is 1.39. The molecular formula is C14H20N2O4S. The molecule has 6 nitrogen and oxygen atoms in total. The third-order valence-corrected chi connectivity index (χ3v) is 6.01. The monoisotopic (exact) mass is 312 g/mol. The van der Waals surface area contributed by atoms with Gasteiger partial charge in [0.15, 0.2) is 0 Å². The van der Waals surface area contributed by atoms with Crippen molar-refractivity contribution in [3.63, 3.8) is 0 Å². The summed E-state index contributed by atoms with van der Waals surface area (Å²) in [7, 11) is -3.64. The quantitative estimate of drug-likeness (QED) is 0.806. The number of rotatable bonds is 7. The van der Waals surface area contributed by atoms with Crippen molar-refractivity contribution in [2.75, 3.05) is 6.54 Å². The van der Waals surface area contributed by atoms with Crippen LogP contribution in [0.1, 0.15) is 55.6 Å². The Morgan fingerprint density at radius 2 is 2.14 bits per heavy atom. The summed E-state index contributed by atoms with van der Waals surface area (Å²) in [4.78, 5) is 11.3. The van der Waals surface area contributed by atoms with Crippen LogP contribution in [0.15, 0.2) is 17.2 Å². The van der Waals surface area contributed by atoms with Crippen molar-refractivity contribution >= 4 is 16.0 Å². The van der Waals surface area contributed by atoms with Crippen LogP contribution in [0.3, 0.4) is 0 Å². The molecule has 2 saturated carbocycles. The molecule has 0 saturated heterocycles. The highest BCUT2D eigenvalue weighted by Crippen LogP contribution is 2.48. The smallest absolute Gasteiger partial charge is 0.352 e. The molecule has 0 atom stereocenters. The number of hydrogen-bond acceptors (Lipinski definition) is 3. The molecule has 0 aliphatic heterocycles. The average Bonchev–Trinajstić information content (AvgIpc) is 3.35. The van der Waals surface area contributed by atoms with Gasteiger partial charge in [-0.2, -0.15) is 0 Å². The van der Waals surface area contributed by atoms with Crippen LogP contribution >= 0.6 is 0 Å². The summed E-state index contributed by atoms with van der Waals surface area (Å²) in [6.45, 7) is 2.50. The maximum Gasteiger partial charge on any atom is 0.352 e. The number of carbonyl (C=O) groups is 1. The molecule has 0 spiro atoms. The third-order valence-electron chi connectivity index (χ3n) is 4.64.